The van der Waals surface area contributed by atoms with E-state index in [1.807, 2.05) is 13.8 Å². The summed E-state index contributed by atoms with van der Waals surface area (Å²) in [6.07, 6.45) is 2.78. The van der Waals surface area contributed by atoms with Gasteiger partial charge in [0.05, 0.1) is 18.7 Å². The monoisotopic (exact) mass is 396 g/mol. The Bertz CT molecular complexity index is 998. The van der Waals surface area contributed by atoms with E-state index in [1.165, 1.54) is 11.7 Å². The van der Waals surface area contributed by atoms with E-state index in [9.17, 15) is 19.6 Å². The Morgan fingerprint density at radius 1 is 1.28 bits per heavy atom. The van der Waals surface area contributed by atoms with Crippen LogP contribution in [0.1, 0.15) is 43.5 Å². The SMILES string of the molecule is COC(=O)n1ccc2cc(C(=O)NC(CC(C)C)C(=O)NC3(C#N)CC3)ccc21. The highest BCUT2D eigenvalue weighted by atomic mass is 16.5. The first-order chi connectivity index (χ1) is 13.8. The summed E-state index contributed by atoms with van der Waals surface area (Å²) in [5.74, 6) is -0.552. The van der Waals surface area contributed by atoms with Gasteiger partial charge in [0.2, 0.25) is 5.91 Å². The van der Waals surface area contributed by atoms with Crippen LogP contribution >= 0.6 is 0 Å². The third-order valence-corrected chi connectivity index (χ3v) is 4.98. The summed E-state index contributed by atoms with van der Waals surface area (Å²) in [6, 6.07) is 8.02. The lowest BCUT2D eigenvalue weighted by molar-refractivity contribution is -0.123. The topological polar surface area (TPSA) is 113 Å². The minimum absolute atomic E-state index is 0.180. The van der Waals surface area contributed by atoms with Crippen molar-refractivity contribution in [2.45, 2.75) is 44.7 Å². The summed E-state index contributed by atoms with van der Waals surface area (Å²) in [5, 5.41) is 15.5. The van der Waals surface area contributed by atoms with Crippen molar-refractivity contribution in [1.82, 2.24) is 15.2 Å². The van der Waals surface area contributed by atoms with Gasteiger partial charge in [0.1, 0.15) is 11.6 Å². The maximum absolute atomic E-state index is 12.8. The first-order valence-electron chi connectivity index (χ1n) is 9.52. The average Bonchev–Trinajstić information content (AvgIpc) is 3.34. The molecule has 0 saturated heterocycles. The van der Waals surface area contributed by atoms with Gasteiger partial charge in [-0.25, -0.2) is 4.79 Å². The standard InChI is InChI=1S/C21H24N4O4/c1-13(2)10-16(19(27)24-21(12-22)7-8-21)23-18(26)15-4-5-17-14(11-15)6-9-25(17)20(28)29-3/h4-6,9,11,13,16H,7-8,10H2,1-3H3,(H,23,26)(H,24,27). The molecule has 29 heavy (non-hydrogen) atoms. The van der Waals surface area contributed by atoms with Crippen molar-refractivity contribution in [1.29, 1.82) is 5.26 Å². The number of rotatable bonds is 6. The van der Waals surface area contributed by atoms with Gasteiger partial charge < -0.3 is 15.4 Å². The summed E-state index contributed by atoms with van der Waals surface area (Å²) in [7, 11) is 1.30. The normalized spacial score (nSPS) is 15.4. The summed E-state index contributed by atoms with van der Waals surface area (Å²) < 4.78 is 6.08. The molecule has 1 aliphatic rings. The van der Waals surface area contributed by atoms with Gasteiger partial charge in [-0.2, -0.15) is 5.26 Å². The molecule has 8 heteroatoms. The Morgan fingerprint density at radius 3 is 2.59 bits per heavy atom. The van der Waals surface area contributed by atoms with Crippen molar-refractivity contribution in [3.05, 3.63) is 36.0 Å². The van der Waals surface area contributed by atoms with Gasteiger partial charge in [-0.1, -0.05) is 13.8 Å². The zero-order valence-electron chi connectivity index (χ0n) is 16.7. The minimum atomic E-state index is -0.785. The number of nitriles is 1. The van der Waals surface area contributed by atoms with Gasteiger partial charge in [-0.15, -0.1) is 0 Å². The first-order valence-corrected chi connectivity index (χ1v) is 9.52. The number of benzene rings is 1. The number of hydrogen-bond acceptors (Lipinski definition) is 5. The second-order valence-corrected chi connectivity index (χ2v) is 7.77. The minimum Gasteiger partial charge on any atom is -0.452 e. The van der Waals surface area contributed by atoms with E-state index >= 15 is 0 Å². The number of methoxy groups -OCH3 is 1. The fourth-order valence-corrected chi connectivity index (χ4v) is 3.20. The molecule has 0 bridgehead atoms. The van der Waals surface area contributed by atoms with Gasteiger partial charge in [-0.05, 0) is 49.4 Å². The first kappa shape index (κ1) is 20.4. The number of nitrogens with one attached hydrogen (secondary N) is 2. The molecular formula is C21H24N4O4. The van der Waals surface area contributed by atoms with Crippen LogP contribution < -0.4 is 10.6 Å². The molecule has 1 atom stereocenters. The van der Waals surface area contributed by atoms with Crippen LogP contribution in [-0.2, 0) is 9.53 Å². The lowest BCUT2D eigenvalue weighted by atomic mass is 10.0. The van der Waals surface area contributed by atoms with Crippen LogP contribution in [0.5, 0.6) is 0 Å². The van der Waals surface area contributed by atoms with Gasteiger partial charge in [-0.3, -0.25) is 14.2 Å². The van der Waals surface area contributed by atoms with Crippen molar-refractivity contribution < 1.29 is 19.1 Å². The number of amides is 2. The van der Waals surface area contributed by atoms with E-state index in [4.69, 9.17) is 4.74 Å². The molecule has 2 aromatic rings. The number of carbonyl (C=O) groups is 3. The molecule has 1 aromatic heterocycles. The largest absolute Gasteiger partial charge is 0.452 e. The Labute approximate surface area is 168 Å². The lowest BCUT2D eigenvalue weighted by Gasteiger charge is -2.21. The number of fused-ring (bicyclic) bond motifs is 1. The predicted octanol–water partition coefficient (Wildman–Crippen LogP) is 2.57. The Hall–Kier alpha value is -3.34. The number of hydrogen-bond donors (Lipinski definition) is 2. The molecule has 1 heterocycles. The molecule has 2 N–H and O–H groups in total. The van der Waals surface area contributed by atoms with Crippen molar-refractivity contribution in [3.8, 4) is 6.07 Å². The quantitative estimate of drug-likeness (QED) is 0.779. The van der Waals surface area contributed by atoms with Crippen molar-refractivity contribution in [2.75, 3.05) is 7.11 Å². The third kappa shape index (κ3) is 4.40. The van der Waals surface area contributed by atoms with E-state index < -0.39 is 17.7 Å². The summed E-state index contributed by atoms with van der Waals surface area (Å²) in [5.41, 5.74) is 0.213. The summed E-state index contributed by atoms with van der Waals surface area (Å²) >= 11 is 0. The van der Waals surface area contributed by atoms with E-state index in [2.05, 4.69) is 16.7 Å². The Kier molecular flexibility index (Phi) is 5.59. The molecule has 1 aliphatic carbocycles. The average molecular weight is 396 g/mol. The van der Waals surface area contributed by atoms with Crippen LogP contribution in [-0.4, -0.2) is 41.2 Å². The zero-order chi connectivity index (χ0) is 21.2. The van der Waals surface area contributed by atoms with Gasteiger partial charge >= 0.3 is 6.09 Å². The summed E-state index contributed by atoms with van der Waals surface area (Å²) in [6.45, 7) is 3.93. The molecule has 2 amide bonds. The number of carbonyl (C=O) groups excluding carboxylic acids is 3. The molecule has 1 saturated carbocycles. The molecule has 0 radical (unpaired) electrons. The summed E-state index contributed by atoms with van der Waals surface area (Å²) in [4.78, 5) is 37.2. The van der Waals surface area contributed by atoms with Crippen LogP contribution in [0.2, 0.25) is 0 Å². The number of aromatic nitrogens is 1. The number of ether oxygens (including phenoxy) is 1. The van der Waals surface area contributed by atoms with E-state index in [-0.39, 0.29) is 17.7 Å². The van der Waals surface area contributed by atoms with Crippen LogP contribution in [0.3, 0.4) is 0 Å². The molecule has 0 spiro atoms. The second-order valence-electron chi connectivity index (χ2n) is 7.77. The second kappa shape index (κ2) is 7.95. The van der Waals surface area contributed by atoms with Crippen LogP contribution in [0.25, 0.3) is 10.9 Å². The van der Waals surface area contributed by atoms with Gasteiger partial charge in [0, 0.05) is 17.1 Å². The van der Waals surface area contributed by atoms with Crippen LogP contribution in [0.4, 0.5) is 4.79 Å². The maximum Gasteiger partial charge on any atom is 0.418 e. The van der Waals surface area contributed by atoms with Crippen molar-refractivity contribution in [2.24, 2.45) is 5.92 Å². The third-order valence-electron chi connectivity index (χ3n) is 4.98. The van der Waals surface area contributed by atoms with Crippen LogP contribution in [0, 0.1) is 17.2 Å². The molecular weight excluding hydrogens is 372 g/mol. The van der Waals surface area contributed by atoms with E-state index in [0.29, 0.717) is 35.7 Å². The highest BCUT2D eigenvalue weighted by molar-refractivity contribution is 6.01. The molecule has 152 valence electrons. The van der Waals surface area contributed by atoms with E-state index in [1.54, 1.807) is 30.5 Å². The highest BCUT2D eigenvalue weighted by Gasteiger charge is 2.45. The van der Waals surface area contributed by atoms with Crippen molar-refractivity contribution in [3.63, 3.8) is 0 Å². The van der Waals surface area contributed by atoms with Crippen molar-refractivity contribution >= 4 is 28.8 Å². The molecule has 1 aromatic carbocycles. The molecule has 1 fully saturated rings. The molecule has 0 aliphatic heterocycles. The van der Waals surface area contributed by atoms with Gasteiger partial charge in [0.25, 0.3) is 5.91 Å². The molecule has 1 unspecified atom stereocenters. The van der Waals surface area contributed by atoms with E-state index in [0.717, 1.165) is 0 Å². The smallest absolute Gasteiger partial charge is 0.418 e. The Morgan fingerprint density at radius 2 is 2.00 bits per heavy atom. The predicted molar refractivity (Wildman–Crippen MR) is 106 cm³/mol. The van der Waals surface area contributed by atoms with Gasteiger partial charge in [0.15, 0.2) is 0 Å². The number of nitrogens with zero attached hydrogens (tertiary/aromatic N) is 2. The highest BCUT2D eigenvalue weighted by Crippen LogP contribution is 2.34. The maximum atomic E-state index is 12.8. The Balaban J connectivity index is 1.77. The lowest BCUT2D eigenvalue weighted by Crippen LogP contribution is -2.50. The fraction of sp³-hybridized carbons (Fsp3) is 0.429. The fourth-order valence-electron chi connectivity index (χ4n) is 3.20. The van der Waals surface area contributed by atoms with Crippen LogP contribution in [0.15, 0.2) is 30.5 Å². The molecule has 8 nitrogen and oxygen atoms in total. The zero-order valence-corrected chi connectivity index (χ0v) is 16.7. The molecule has 3 rings (SSSR count).